The van der Waals surface area contributed by atoms with Gasteiger partial charge in [0.15, 0.2) is 0 Å². The zero-order valence-electron chi connectivity index (χ0n) is 11.6. The number of nitrogen functional groups attached to an aromatic ring is 1. The van der Waals surface area contributed by atoms with E-state index in [1.165, 1.54) is 0 Å². The highest BCUT2D eigenvalue weighted by atomic mass is 16.6. The summed E-state index contributed by atoms with van der Waals surface area (Å²) in [6.07, 6.45) is 2.81. The van der Waals surface area contributed by atoms with Crippen LogP contribution >= 0.6 is 0 Å². The number of nitro groups is 1. The van der Waals surface area contributed by atoms with Gasteiger partial charge in [0, 0.05) is 12.6 Å². The quantitative estimate of drug-likeness (QED) is 0.430. The molecule has 1 aromatic rings. The number of aromatic nitrogens is 1. The van der Waals surface area contributed by atoms with Crippen LogP contribution in [0.5, 0.6) is 0 Å². The molecule has 8 heteroatoms. The number of anilines is 1. The number of unbranched alkanes of at least 4 members (excludes halogenated alkanes) is 1. The van der Waals surface area contributed by atoms with E-state index in [1.807, 2.05) is 14.1 Å². The van der Waals surface area contributed by atoms with E-state index in [9.17, 15) is 14.9 Å². The summed E-state index contributed by atoms with van der Waals surface area (Å²) in [5, 5.41) is 13.3. The van der Waals surface area contributed by atoms with Crippen molar-refractivity contribution in [2.24, 2.45) is 0 Å². The smallest absolute Gasteiger partial charge is 0.288 e. The zero-order chi connectivity index (χ0) is 15.1. The van der Waals surface area contributed by atoms with Crippen molar-refractivity contribution < 1.29 is 9.72 Å². The van der Waals surface area contributed by atoms with Gasteiger partial charge in [-0.1, -0.05) is 0 Å². The van der Waals surface area contributed by atoms with Crippen LogP contribution < -0.4 is 11.1 Å². The molecule has 110 valence electrons. The predicted molar refractivity (Wildman–Crippen MR) is 75.4 cm³/mol. The number of nitrogens with one attached hydrogen (secondary N) is 1. The second-order valence-electron chi connectivity index (χ2n) is 4.65. The molecule has 1 heterocycles. The summed E-state index contributed by atoms with van der Waals surface area (Å²) in [5.41, 5.74) is 5.34. The van der Waals surface area contributed by atoms with Crippen molar-refractivity contribution in [1.29, 1.82) is 0 Å². The average Bonchev–Trinajstić information content (AvgIpc) is 2.37. The standard InChI is InChI=1S/C12H19N5O3/c1-16(2)6-4-3-5-14-12(18)10-7-9(17(19)20)8-15-11(10)13/h7-8H,3-6H2,1-2H3,(H2,13,15)(H,14,18). The van der Waals surface area contributed by atoms with Gasteiger partial charge >= 0.3 is 0 Å². The van der Waals surface area contributed by atoms with Gasteiger partial charge in [0.1, 0.15) is 12.0 Å². The summed E-state index contributed by atoms with van der Waals surface area (Å²) in [7, 11) is 3.96. The number of carbonyl (C=O) groups is 1. The molecule has 0 atom stereocenters. The van der Waals surface area contributed by atoms with Crippen molar-refractivity contribution in [3.63, 3.8) is 0 Å². The molecular formula is C12H19N5O3. The molecule has 1 amide bonds. The van der Waals surface area contributed by atoms with Crippen molar-refractivity contribution in [2.45, 2.75) is 12.8 Å². The Bertz CT molecular complexity index is 490. The highest BCUT2D eigenvalue weighted by Gasteiger charge is 2.16. The Balaban J connectivity index is 2.55. The van der Waals surface area contributed by atoms with Crippen LogP contribution in [0, 0.1) is 10.1 Å². The summed E-state index contributed by atoms with van der Waals surface area (Å²) in [5.74, 6) is -0.454. The molecule has 0 saturated carbocycles. The molecule has 20 heavy (non-hydrogen) atoms. The van der Waals surface area contributed by atoms with E-state index in [1.54, 1.807) is 0 Å². The van der Waals surface area contributed by atoms with Gasteiger partial charge in [-0.25, -0.2) is 4.98 Å². The Labute approximate surface area is 117 Å². The topological polar surface area (TPSA) is 114 Å². The van der Waals surface area contributed by atoms with Crippen LogP contribution in [-0.2, 0) is 0 Å². The molecule has 0 unspecified atom stereocenters. The van der Waals surface area contributed by atoms with E-state index >= 15 is 0 Å². The molecule has 0 aliphatic heterocycles. The molecule has 0 spiro atoms. The van der Waals surface area contributed by atoms with E-state index in [0.29, 0.717) is 6.54 Å². The molecule has 0 aromatic carbocycles. The van der Waals surface area contributed by atoms with Crippen LogP contribution in [0.25, 0.3) is 0 Å². The fraction of sp³-hybridized carbons (Fsp3) is 0.500. The molecule has 8 nitrogen and oxygen atoms in total. The molecule has 0 aliphatic rings. The molecule has 0 bridgehead atoms. The fourth-order valence-corrected chi connectivity index (χ4v) is 1.60. The third-order valence-electron chi connectivity index (χ3n) is 2.68. The monoisotopic (exact) mass is 281 g/mol. The molecule has 3 N–H and O–H groups in total. The molecule has 0 radical (unpaired) electrons. The van der Waals surface area contributed by atoms with Crippen molar-refractivity contribution >= 4 is 17.4 Å². The normalized spacial score (nSPS) is 10.6. The van der Waals surface area contributed by atoms with Crippen LogP contribution in [-0.4, -0.2) is 47.9 Å². The third kappa shape index (κ3) is 4.81. The summed E-state index contributed by atoms with van der Waals surface area (Å²) in [6, 6.07) is 1.14. The van der Waals surface area contributed by atoms with Gasteiger partial charge in [-0.2, -0.15) is 0 Å². The van der Waals surface area contributed by atoms with Crippen LogP contribution in [0.1, 0.15) is 23.2 Å². The second-order valence-corrected chi connectivity index (χ2v) is 4.65. The van der Waals surface area contributed by atoms with Gasteiger partial charge in [0.2, 0.25) is 0 Å². The van der Waals surface area contributed by atoms with Crippen molar-refractivity contribution in [2.75, 3.05) is 32.9 Å². The Kier molecular flexibility index (Phi) is 5.85. The Morgan fingerprint density at radius 3 is 2.80 bits per heavy atom. The zero-order valence-corrected chi connectivity index (χ0v) is 11.6. The van der Waals surface area contributed by atoms with E-state index in [4.69, 9.17) is 5.73 Å². The van der Waals surface area contributed by atoms with Gasteiger partial charge in [-0.3, -0.25) is 14.9 Å². The van der Waals surface area contributed by atoms with Gasteiger partial charge in [-0.05, 0) is 33.5 Å². The van der Waals surface area contributed by atoms with Crippen molar-refractivity contribution in [1.82, 2.24) is 15.2 Å². The minimum Gasteiger partial charge on any atom is -0.383 e. The Hall–Kier alpha value is -2.22. The lowest BCUT2D eigenvalue weighted by atomic mass is 10.2. The summed E-state index contributed by atoms with van der Waals surface area (Å²) in [4.78, 5) is 27.6. The van der Waals surface area contributed by atoms with E-state index in [2.05, 4.69) is 15.2 Å². The van der Waals surface area contributed by atoms with Gasteiger partial charge in [-0.15, -0.1) is 0 Å². The molecule has 0 aliphatic carbocycles. The van der Waals surface area contributed by atoms with Crippen LogP contribution in [0.3, 0.4) is 0 Å². The largest absolute Gasteiger partial charge is 0.383 e. The van der Waals surface area contributed by atoms with Gasteiger partial charge in [0.05, 0.1) is 10.5 Å². The minimum absolute atomic E-state index is 0.0126. The minimum atomic E-state index is -0.611. The van der Waals surface area contributed by atoms with Crippen LogP contribution in [0.2, 0.25) is 0 Å². The number of amides is 1. The number of hydrogen-bond acceptors (Lipinski definition) is 6. The fourth-order valence-electron chi connectivity index (χ4n) is 1.60. The average molecular weight is 281 g/mol. The van der Waals surface area contributed by atoms with Gasteiger partial charge in [0.25, 0.3) is 11.6 Å². The number of nitrogens with zero attached hydrogens (tertiary/aromatic N) is 3. The lowest BCUT2D eigenvalue weighted by Gasteiger charge is -2.10. The van der Waals surface area contributed by atoms with Crippen LogP contribution in [0.4, 0.5) is 11.5 Å². The predicted octanol–water partition coefficient (Wildman–Crippen LogP) is 0.644. The van der Waals surface area contributed by atoms with E-state index in [-0.39, 0.29) is 17.1 Å². The molecule has 1 rings (SSSR count). The summed E-state index contributed by atoms with van der Waals surface area (Å²) >= 11 is 0. The number of nitrogens with two attached hydrogens (primary N) is 1. The maximum atomic E-state index is 11.9. The number of rotatable bonds is 7. The highest BCUT2D eigenvalue weighted by Crippen LogP contribution is 2.16. The van der Waals surface area contributed by atoms with E-state index in [0.717, 1.165) is 31.6 Å². The Morgan fingerprint density at radius 2 is 2.20 bits per heavy atom. The van der Waals surface area contributed by atoms with Crippen molar-refractivity contribution in [3.8, 4) is 0 Å². The number of pyridine rings is 1. The van der Waals surface area contributed by atoms with E-state index < -0.39 is 10.8 Å². The first kappa shape index (κ1) is 15.8. The number of carbonyl (C=O) groups excluding carboxylic acids is 1. The summed E-state index contributed by atoms with van der Waals surface area (Å²) in [6.45, 7) is 1.44. The first-order valence-electron chi connectivity index (χ1n) is 6.24. The lowest BCUT2D eigenvalue weighted by Crippen LogP contribution is -2.26. The van der Waals surface area contributed by atoms with Crippen LogP contribution in [0.15, 0.2) is 12.3 Å². The molecule has 0 saturated heterocycles. The molecular weight excluding hydrogens is 262 g/mol. The first-order chi connectivity index (χ1) is 9.41. The first-order valence-corrected chi connectivity index (χ1v) is 6.24. The SMILES string of the molecule is CN(C)CCCCNC(=O)c1cc([N+](=O)[O-])cnc1N. The highest BCUT2D eigenvalue weighted by molar-refractivity contribution is 5.98. The molecule has 0 fully saturated rings. The molecule has 1 aromatic heterocycles. The maximum Gasteiger partial charge on any atom is 0.288 e. The van der Waals surface area contributed by atoms with Gasteiger partial charge < -0.3 is 16.0 Å². The second kappa shape index (κ2) is 7.39. The lowest BCUT2D eigenvalue weighted by molar-refractivity contribution is -0.385. The third-order valence-corrected chi connectivity index (χ3v) is 2.68. The Morgan fingerprint density at radius 1 is 1.50 bits per heavy atom. The maximum absolute atomic E-state index is 11.9. The number of hydrogen-bond donors (Lipinski definition) is 2. The summed E-state index contributed by atoms with van der Waals surface area (Å²) < 4.78 is 0. The van der Waals surface area contributed by atoms with Crippen molar-refractivity contribution in [3.05, 3.63) is 27.9 Å².